The lowest BCUT2D eigenvalue weighted by Crippen LogP contribution is -2.52. The molecule has 0 saturated carbocycles. The summed E-state index contributed by atoms with van der Waals surface area (Å²) >= 11 is 0. The van der Waals surface area contributed by atoms with Crippen LogP contribution in [0.25, 0.3) is 0 Å². The van der Waals surface area contributed by atoms with Crippen LogP contribution < -0.4 is 5.11 Å². The lowest BCUT2D eigenvalue weighted by atomic mass is 9.78. The van der Waals surface area contributed by atoms with Crippen molar-refractivity contribution in [2.75, 3.05) is 0 Å². The van der Waals surface area contributed by atoms with Gasteiger partial charge < -0.3 is 9.90 Å². The second kappa shape index (κ2) is 6.23. The van der Waals surface area contributed by atoms with E-state index in [0.29, 0.717) is 12.8 Å². The maximum atomic E-state index is 12.7. The van der Waals surface area contributed by atoms with Crippen LogP contribution in [0.2, 0.25) is 0 Å². The third-order valence-corrected chi connectivity index (χ3v) is 5.23. The largest absolute Gasteiger partial charge is 0.548 e. The van der Waals surface area contributed by atoms with E-state index in [1.54, 1.807) is 24.3 Å². The molecule has 1 aromatic rings. The van der Waals surface area contributed by atoms with Crippen molar-refractivity contribution >= 4 is 17.8 Å². The number of carboxylic acids is 1. The molecule has 1 aromatic carbocycles. The molecule has 1 fully saturated rings. The number of imide groups is 1. The molecule has 5 nitrogen and oxygen atoms in total. The predicted molar refractivity (Wildman–Crippen MR) is 85.4 cm³/mol. The minimum Gasteiger partial charge on any atom is -0.548 e. The fourth-order valence-corrected chi connectivity index (χ4v) is 3.70. The minimum absolute atomic E-state index is 0.0749. The first-order valence-corrected chi connectivity index (χ1v) is 8.17. The molecule has 126 valence electrons. The van der Waals surface area contributed by atoms with Crippen molar-refractivity contribution in [3.8, 4) is 0 Å². The number of carboxylic acid groups (broad SMARTS) is 1. The Morgan fingerprint density at radius 1 is 1.08 bits per heavy atom. The Labute approximate surface area is 141 Å². The molecule has 0 spiro atoms. The van der Waals surface area contributed by atoms with Gasteiger partial charge in [0.1, 0.15) is 0 Å². The van der Waals surface area contributed by atoms with E-state index in [4.69, 9.17) is 0 Å². The molecular formula is C19H20NO4-. The molecule has 0 N–H and O–H groups in total. The SMILES string of the molecule is CC1=C(C)C[C@H]2C(=O)N([C@@H](Cc3ccccc3)C(=O)[O-])C(=O)[C@@H]2C1. The smallest absolute Gasteiger partial charge is 0.234 e. The molecule has 0 radical (unpaired) electrons. The lowest BCUT2D eigenvalue weighted by molar-refractivity contribution is -0.310. The van der Waals surface area contributed by atoms with E-state index >= 15 is 0 Å². The van der Waals surface area contributed by atoms with Crippen molar-refractivity contribution in [3.05, 3.63) is 47.0 Å². The van der Waals surface area contributed by atoms with Crippen molar-refractivity contribution < 1.29 is 19.5 Å². The Morgan fingerprint density at radius 3 is 2.04 bits per heavy atom. The number of hydrogen-bond donors (Lipinski definition) is 0. The van der Waals surface area contributed by atoms with Crippen LogP contribution in [0.4, 0.5) is 0 Å². The third kappa shape index (κ3) is 2.75. The van der Waals surface area contributed by atoms with Crippen LogP contribution in [0.3, 0.4) is 0 Å². The second-order valence-corrected chi connectivity index (χ2v) is 6.75. The van der Waals surface area contributed by atoms with Gasteiger partial charge in [0.15, 0.2) is 0 Å². The van der Waals surface area contributed by atoms with Crippen molar-refractivity contribution in [3.63, 3.8) is 0 Å². The number of carbonyl (C=O) groups excluding carboxylic acids is 3. The fourth-order valence-electron chi connectivity index (χ4n) is 3.70. The molecule has 5 heteroatoms. The maximum Gasteiger partial charge on any atom is 0.234 e. The molecule has 3 rings (SSSR count). The van der Waals surface area contributed by atoms with Gasteiger partial charge in [-0.25, -0.2) is 0 Å². The molecule has 1 heterocycles. The first-order chi connectivity index (χ1) is 11.4. The second-order valence-electron chi connectivity index (χ2n) is 6.75. The van der Waals surface area contributed by atoms with Crippen molar-refractivity contribution in [1.82, 2.24) is 4.90 Å². The van der Waals surface area contributed by atoms with Gasteiger partial charge in [0.2, 0.25) is 11.8 Å². The number of likely N-dealkylation sites (tertiary alicyclic amines) is 1. The van der Waals surface area contributed by atoms with Gasteiger partial charge in [0.25, 0.3) is 0 Å². The summed E-state index contributed by atoms with van der Waals surface area (Å²) in [6.45, 7) is 3.93. The van der Waals surface area contributed by atoms with Gasteiger partial charge in [-0.2, -0.15) is 0 Å². The quantitative estimate of drug-likeness (QED) is 0.613. The molecule has 0 aromatic heterocycles. The summed E-state index contributed by atoms with van der Waals surface area (Å²) < 4.78 is 0. The molecule has 1 saturated heterocycles. The highest BCUT2D eigenvalue weighted by Gasteiger charge is 2.51. The number of nitrogens with zero attached hydrogens (tertiary/aromatic N) is 1. The van der Waals surface area contributed by atoms with Crippen LogP contribution in [0.15, 0.2) is 41.5 Å². The highest BCUT2D eigenvalue weighted by Crippen LogP contribution is 2.41. The van der Waals surface area contributed by atoms with E-state index in [9.17, 15) is 19.5 Å². The molecule has 3 atom stereocenters. The summed E-state index contributed by atoms with van der Waals surface area (Å²) in [6, 6.07) is 7.74. The zero-order chi connectivity index (χ0) is 17.4. The molecule has 0 bridgehead atoms. The van der Waals surface area contributed by atoms with Gasteiger partial charge in [-0.3, -0.25) is 14.5 Å². The van der Waals surface area contributed by atoms with Gasteiger partial charge in [-0.15, -0.1) is 0 Å². The number of fused-ring (bicyclic) bond motifs is 1. The molecule has 24 heavy (non-hydrogen) atoms. The number of amides is 2. The Hall–Kier alpha value is -2.43. The van der Waals surface area contributed by atoms with Crippen LogP contribution in [0.5, 0.6) is 0 Å². The highest BCUT2D eigenvalue weighted by molar-refractivity contribution is 6.08. The van der Waals surface area contributed by atoms with Crippen LogP contribution in [0, 0.1) is 11.8 Å². The first-order valence-electron chi connectivity index (χ1n) is 8.17. The number of carbonyl (C=O) groups is 3. The standard InChI is InChI=1S/C19H21NO4/c1-11-8-14-15(9-12(11)2)18(22)20(17(14)21)16(19(23)24)10-13-6-4-3-5-7-13/h3-7,14-16H,8-10H2,1-2H3,(H,23,24)/p-1/t14-,15-,16+/m1/s1. The van der Waals surface area contributed by atoms with Crippen LogP contribution in [-0.4, -0.2) is 28.7 Å². The monoisotopic (exact) mass is 326 g/mol. The molecular weight excluding hydrogens is 306 g/mol. The summed E-state index contributed by atoms with van der Waals surface area (Å²) in [7, 11) is 0. The summed E-state index contributed by atoms with van der Waals surface area (Å²) in [5.41, 5.74) is 2.99. The van der Waals surface area contributed by atoms with Gasteiger partial charge >= 0.3 is 0 Å². The van der Waals surface area contributed by atoms with Crippen molar-refractivity contribution in [2.45, 2.75) is 39.2 Å². The minimum atomic E-state index is -1.39. The zero-order valence-electron chi connectivity index (χ0n) is 13.8. The Balaban J connectivity index is 1.88. The molecule has 2 amide bonds. The molecule has 1 aliphatic heterocycles. The van der Waals surface area contributed by atoms with Gasteiger partial charge in [0, 0.05) is 0 Å². The number of rotatable bonds is 4. The van der Waals surface area contributed by atoms with E-state index in [2.05, 4.69) is 0 Å². The number of allylic oxidation sites excluding steroid dienone is 2. The molecule has 0 unspecified atom stereocenters. The predicted octanol–water partition coefficient (Wildman–Crippen LogP) is 1.08. The first kappa shape index (κ1) is 16.4. The topological polar surface area (TPSA) is 77.5 Å². The van der Waals surface area contributed by atoms with Gasteiger partial charge in [0.05, 0.1) is 23.8 Å². The van der Waals surface area contributed by atoms with Crippen LogP contribution >= 0.6 is 0 Å². The lowest BCUT2D eigenvalue weighted by Gasteiger charge is -2.27. The average Bonchev–Trinajstić information content (AvgIpc) is 2.78. The molecule has 1 aliphatic carbocycles. The average molecular weight is 326 g/mol. The summed E-state index contributed by atoms with van der Waals surface area (Å²) in [4.78, 5) is 38.1. The zero-order valence-corrected chi connectivity index (χ0v) is 13.8. The Morgan fingerprint density at radius 2 is 1.58 bits per heavy atom. The number of aliphatic carboxylic acids is 1. The molecule has 2 aliphatic rings. The van der Waals surface area contributed by atoms with Crippen LogP contribution in [-0.2, 0) is 20.8 Å². The summed E-state index contributed by atoms with van der Waals surface area (Å²) in [6.07, 6.45) is 1.14. The van der Waals surface area contributed by atoms with E-state index in [1.165, 1.54) is 0 Å². The van der Waals surface area contributed by atoms with E-state index < -0.39 is 23.8 Å². The normalized spacial score (nSPS) is 25.0. The highest BCUT2D eigenvalue weighted by atomic mass is 16.4. The van der Waals surface area contributed by atoms with Crippen LogP contribution in [0.1, 0.15) is 32.3 Å². The summed E-state index contributed by atoms with van der Waals surface area (Å²) in [5, 5.41) is 11.6. The van der Waals surface area contributed by atoms with E-state index in [1.807, 2.05) is 19.9 Å². The number of benzene rings is 1. The fraction of sp³-hybridized carbons (Fsp3) is 0.421. The van der Waals surface area contributed by atoms with E-state index in [-0.39, 0.29) is 18.2 Å². The van der Waals surface area contributed by atoms with Crippen molar-refractivity contribution in [1.29, 1.82) is 0 Å². The number of hydrogen-bond acceptors (Lipinski definition) is 4. The Kier molecular flexibility index (Phi) is 4.26. The Bertz CT molecular complexity index is 690. The van der Waals surface area contributed by atoms with E-state index in [0.717, 1.165) is 21.6 Å². The van der Waals surface area contributed by atoms with Crippen molar-refractivity contribution in [2.24, 2.45) is 11.8 Å². The maximum absolute atomic E-state index is 12.7. The third-order valence-electron chi connectivity index (χ3n) is 5.23. The van der Waals surface area contributed by atoms with Gasteiger partial charge in [-0.1, -0.05) is 41.5 Å². The summed E-state index contributed by atoms with van der Waals surface area (Å²) in [5.74, 6) is -3.00. The van der Waals surface area contributed by atoms with Gasteiger partial charge in [-0.05, 0) is 38.7 Å².